The first kappa shape index (κ1) is 17.0. The number of rotatable bonds is 7. The quantitative estimate of drug-likeness (QED) is 0.617. The molecule has 0 radical (unpaired) electrons. The second-order valence-corrected chi connectivity index (χ2v) is 6.98. The molecule has 0 atom stereocenters. The molecule has 0 saturated carbocycles. The number of nitrogens with one attached hydrogen (secondary N) is 1. The summed E-state index contributed by atoms with van der Waals surface area (Å²) < 4.78 is 2.11. The lowest BCUT2D eigenvalue weighted by molar-refractivity contribution is 0.486. The fourth-order valence-electron chi connectivity index (χ4n) is 2.95. The smallest absolute Gasteiger partial charge is 0.193 e. The topological polar surface area (TPSA) is 58.3 Å². The lowest BCUT2D eigenvalue weighted by atomic mass is 10.3. The molecule has 24 heavy (non-hydrogen) atoms. The third kappa shape index (κ3) is 4.56. The minimum atomic E-state index is 0.839. The Kier molecular flexibility index (Phi) is 6.23. The van der Waals surface area contributed by atoms with Crippen LogP contribution in [0.25, 0.3) is 0 Å². The van der Waals surface area contributed by atoms with E-state index in [2.05, 4.69) is 49.4 Å². The second kappa shape index (κ2) is 8.82. The molecule has 3 rings (SSSR count). The van der Waals surface area contributed by atoms with Gasteiger partial charge in [0.2, 0.25) is 0 Å². The Bertz CT molecular complexity index is 627. The molecule has 1 aliphatic rings. The van der Waals surface area contributed by atoms with E-state index in [9.17, 15) is 0 Å². The van der Waals surface area contributed by atoms with Gasteiger partial charge in [-0.3, -0.25) is 4.99 Å². The summed E-state index contributed by atoms with van der Waals surface area (Å²) in [5.74, 6) is 2.09. The minimum Gasteiger partial charge on any atom is -0.354 e. The van der Waals surface area contributed by atoms with Gasteiger partial charge >= 0.3 is 0 Å². The Morgan fingerprint density at radius 3 is 3.00 bits per heavy atom. The number of guanidine groups is 1. The predicted molar refractivity (Wildman–Crippen MR) is 98.5 cm³/mol. The first-order valence-electron chi connectivity index (χ1n) is 8.79. The zero-order valence-corrected chi connectivity index (χ0v) is 15.1. The van der Waals surface area contributed by atoms with Crippen LogP contribution in [0.5, 0.6) is 0 Å². The van der Waals surface area contributed by atoms with Crippen molar-refractivity contribution in [3.8, 4) is 0 Å². The number of hydrogen-bond donors (Lipinski definition) is 1. The molecule has 1 N–H and O–H groups in total. The van der Waals surface area contributed by atoms with E-state index >= 15 is 0 Å². The fraction of sp³-hybridized carbons (Fsp3) is 0.588. The molecular weight excluding hydrogens is 320 g/mol. The molecule has 3 heterocycles. The molecule has 0 bridgehead atoms. The van der Waals surface area contributed by atoms with Crippen LogP contribution in [0.15, 0.2) is 28.8 Å². The van der Waals surface area contributed by atoms with Crippen LogP contribution >= 0.6 is 11.3 Å². The molecular formula is C17H26N6S. The van der Waals surface area contributed by atoms with E-state index in [1.165, 1.54) is 17.7 Å². The number of likely N-dealkylation sites (tertiary alicyclic amines) is 1. The number of nitrogens with zero attached hydrogens (tertiary/aromatic N) is 5. The van der Waals surface area contributed by atoms with Gasteiger partial charge in [0.25, 0.3) is 0 Å². The maximum atomic E-state index is 4.84. The van der Waals surface area contributed by atoms with Crippen LogP contribution in [0.2, 0.25) is 0 Å². The van der Waals surface area contributed by atoms with Crippen molar-refractivity contribution in [2.24, 2.45) is 4.99 Å². The third-order valence-electron chi connectivity index (χ3n) is 4.25. The molecule has 1 aliphatic heterocycles. The van der Waals surface area contributed by atoms with Crippen LogP contribution in [0.4, 0.5) is 0 Å². The van der Waals surface area contributed by atoms with Gasteiger partial charge in [0.1, 0.15) is 12.2 Å². The van der Waals surface area contributed by atoms with Gasteiger partial charge in [-0.1, -0.05) is 13.0 Å². The highest BCUT2D eigenvalue weighted by molar-refractivity contribution is 7.09. The summed E-state index contributed by atoms with van der Waals surface area (Å²) in [6, 6.07) is 4.29. The van der Waals surface area contributed by atoms with Gasteiger partial charge in [-0.2, -0.15) is 0 Å². The highest BCUT2D eigenvalue weighted by atomic mass is 32.1. The summed E-state index contributed by atoms with van der Waals surface area (Å²) in [6.07, 6.45) is 6.26. The van der Waals surface area contributed by atoms with Crippen LogP contribution in [-0.2, 0) is 19.4 Å². The standard InChI is InChI=1S/C17H26N6S/c1-2-16-21-20-14-23(16)12-9-19-17(22-10-3-4-11-22)18-8-7-15-6-5-13-24-15/h5-6,13-14H,2-4,7-12H2,1H3,(H,18,19). The zero-order chi connectivity index (χ0) is 16.6. The van der Waals surface area contributed by atoms with Gasteiger partial charge in [0.05, 0.1) is 0 Å². The van der Waals surface area contributed by atoms with E-state index in [1.807, 2.05) is 6.33 Å². The summed E-state index contributed by atoms with van der Waals surface area (Å²) in [5.41, 5.74) is 0. The van der Waals surface area contributed by atoms with Crippen LogP contribution < -0.4 is 5.32 Å². The lowest BCUT2D eigenvalue weighted by Crippen LogP contribution is -2.41. The summed E-state index contributed by atoms with van der Waals surface area (Å²) in [5, 5.41) is 13.8. The van der Waals surface area contributed by atoms with Gasteiger partial charge in [0, 0.05) is 50.4 Å². The van der Waals surface area contributed by atoms with Gasteiger partial charge in [0.15, 0.2) is 5.96 Å². The molecule has 0 spiro atoms. The van der Waals surface area contributed by atoms with Crippen LogP contribution in [-0.4, -0.2) is 51.8 Å². The minimum absolute atomic E-state index is 0.839. The first-order chi connectivity index (χ1) is 11.9. The van der Waals surface area contributed by atoms with E-state index < -0.39 is 0 Å². The summed E-state index contributed by atoms with van der Waals surface area (Å²) in [4.78, 5) is 8.62. The molecule has 130 valence electrons. The van der Waals surface area contributed by atoms with E-state index in [-0.39, 0.29) is 0 Å². The molecule has 0 aliphatic carbocycles. The Labute approximate surface area is 147 Å². The van der Waals surface area contributed by atoms with Crippen molar-refractivity contribution in [2.75, 3.05) is 26.2 Å². The summed E-state index contributed by atoms with van der Waals surface area (Å²) >= 11 is 1.81. The number of hydrogen-bond acceptors (Lipinski definition) is 4. The van der Waals surface area contributed by atoms with Crippen molar-refractivity contribution in [2.45, 2.75) is 39.2 Å². The molecule has 7 heteroatoms. The van der Waals surface area contributed by atoms with Crippen molar-refractivity contribution < 1.29 is 0 Å². The van der Waals surface area contributed by atoms with E-state index in [4.69, 9.17) is 4.99 Å². The number of thiophene rings is 1. The highest BCUT2D eigenvalue weighted by Gasteiger charge is 2.15. The molecule has 1 saturated heterocycles. The molecule has 2 aromatic heterocycles. The number of aromatic nitrogens is 3. The summed E-state index contributed by atoms with van der Waals surface area (Å²) in [6.45, 7) is 6.88. The molecule has 0 aromatic carbocycles. The Morgan fingerprint density at radius 1 is 1.38 bits per heavy atom. The van der Waals surface area contributed by atoms with Crippen LogP contribution in [0, 0.1) is 0 Å². The normalized spacial score (nSPS) is 15.2. The monoisotopic (exact) mass is 346 g/mol. The third-order valence-corrected chi connectivity index (χ3v) is 5.19. The Morgan fingerprint density at radius 2 is 2.25 bits per heavy atom. The molecule has 1 fully saturated rings. The molecule has 0 amide bonds. The summed E-state index contributed by atoms with van der Waals surface area (Å²) in [7, 11) is 0. The average molecular weight is 347 g/mol. The Balaban J connectivity index is 1.53. The SMILES string of the molecule is CCc1nncn1CCNC(=NCCc1cccs1)N1CCCC1. The van der Waals surface area contributed by atoms with Crippen molar-refractivity contribution in [3.63, 3.8) is 0 Å². The van der Waals surface area contributed by atoms with Gasteiger partial charge < -0.3 is 14.8 Å². The highest BCUT2D eigenvalue weighted by Crippen LogP contribution is 2.10. The second-order valence-electron chi connectivity index (χ2n) is 5.95. The lowest BCUT2D eigenvalue weighted by Gasteiger charge is -2.21. The van der Waals surface area contributed by atoms with Crippen molar-refractivity contribution in [1.29, 1.82) is 0 Å². The maximum Gasteiger partial charge on any atom is 0.193 e. The predicted octanol–water partition coefficient (Wildman–Crippen LogP) is 2.19. The van der Waals surface area contributed by atoms with Crippen molar-refractivity contribution in [1.82, 2.24) is 25.0 Å². The largest absolute Gasteiger partial charge is 0.354 e. The number of aryl methyl sites for hydroxylation is 1. The Hall–Kier alpha value is -1.89. The molecule has 2 aromatic rings. The van der Waals surface area contributed by atoms with E-state index in [0.717, 1.165) is 57.3 Å². The van der Waals surface area contributed by atoms with Crippen molar-refractivity contribution in [3.05, 3.63) is 34.5 Å². The van der Waals surface area contributed by atoms with E-state index in [0.29, 0.717) is 0 Å². The average Bonchev–Trinajstić information content (AvgIpc) is 3.35. The maximum absolute atomic E-state index is 4.84. The zero-order valence-electron chi connectivity index (χ0n) is 14.3. The molecule has 0 unspecified atom stereocenters. The van der Waals surface area contributed by atoms with Crippen molar-refractivity contribution >= 4 is 17.3 Å². The van der Waals surface area contributed by atoms with E-state index in [1.54, 1.807) is 11.3 Å². The van der Waals surface area contributed by atoms with Crippen LogP contribution in [0.3, 0.4) is 0 Å². The van der Waals surface area contributed by atoms with Crippen LogP contribution in [0.1, 0.15) is 30.5 Å². The first-order valence-corrected chi connectivity index (χ1v) is 9.67. The van der Waals surface area contributed by atoms with Gasteiger partial charge in [-0.15, -0.1) is 21.5 Å². The van der Waals surface area contributed by atoms with Gasteiger partial charge in [-0.25, -0.2) is 0 Å². The fourth-order valence-corrected chi connectivity index (χ4v) is 3.65. The molecule has 6 nitrogen and oxygen atoms in total. The number of aliphatic imine (C=N–C) groups is 1. The van der Waals surface area contributed by atoms with Gasteiger partial charge in [-0.05, 0) is 24.3 Å².